The number of nitrogens with zero attached hydrogens (tertiary/aromatic N) is 4. The number of amides is 3. The highest BCUT2D eigenvalue weighted by Gasteiger charge is 2.27. The number of carbonyl (C=O) groups is 3. The number of nitriles is 1. The number of rotatable bonds is 1. The van der Waals surface area contributed by atoms with Gasteiger partial charge < -0.3 is 15.1 Å². The maximum atomic E-state index is 12.0. The molecule has 1 aliphatic rings. The predicted octanol–water partition coefficient (Wildman–Crippen LogP) is -1.09. The summed E-state index contributed by atoms with van der Waals surface area (Å²) in [5.41, 5.74) is 0.151. The van der Waals surface area contributed by atoms with Crippen molar-refractivity contribution in [3.63, 3.8) is 0 Å². The summed E-state index contributed by atoms with van der Waals surface area (Å²) in [7, 11) is 0. The summed E-state index contributed by atoms with van der Waals surface area (Å²) < 4.78 is 0. The summed E-state index contributed by atoms with van der Waals surface area (Å²) in [6.45, 7) is 2.88. The van der Waals surface area contributed by atoms with Crippen LogP contribution >= 0.6 is 0 Å². The summed E-state index contributed by atoms with van der Waals surface area (Å²) in [6, 6.07) is 1.84. The fourth-order valence-corrected chi connectivity index (χ4v) is 2.00. The lowest BCUT2D eigenvalue weighted by Crippen LogP contribution is -2.52. The van der Waals surface area contributed by atoms with E-state index in [0.29, 0.717) is 26.2 Å². The smallest absolute Gasteiger partial charge is 0.315 e. The molecule has 0 saturated carbocycles. The third kappa shape index (κ3) is 3.17. The molecule has 9 heteroatoms. The van der Waals surface area contributed by atoms with Gasteiger partial charge in [0.2, 0.25) is 5.91 Å². The lowest BCUT2D eigenvalue weighted by Gasteiger charge is -2.33. The third-order valence-corrected chi connectivity index (χ3v) is 3.20. The second-order valence-electron chi connectivity index (χ2n) is 4.52. The average Bonchev–Trinajstić information content (AvgIpc) is 2.93. The topological polar surface area (TPSA) is 122 Å². The number of hydrogen-bond acceptors (Lipinski definition) is 5. The van der Waals surface area contributed by atoms with Gasteiger partial charge in [0, 0.05) is 33.1 Å². The van der Waals surface area contributed by atoms with E-state index in [1.54, 1.807) is 4.90 Å². The van der Waals surface area contributed by atoms with Crippen LogP contribution in [-0.2, 0) is 14.4 Å². The van der Waals surface area contributed by atoms with E-state index in [9.17, 15) is 14.4 Å². The van der Waals surface area contributed by atoms with Crippen LogP contribution in [0.15, 0.2) is 6.20 Å². The number of aromatic amines is 1. The maximum Gasteiger partial charge on any atom is 0.315 e. The van der Waals surface area contributed by atoms with Crippen LogP contribution in [0.2, 0.25) is 0 Å². The zero-order valence-electron chi connectivity index (χ0n) is 11.4. The van der Waals surface area contributed by atoms with Gasteiger partial charge in [-0.1, -0.05) is 0 Å². The predicted molar refractivity (Wildman–Crippen MR) is 70.8 cm³/mol. The molecule has 9 nitrogen and oxygen atoms in total. The number of nitrogens with one attached hydrogen (secondary N) is 2. The minimum absolute atomic E-state index is 0.0531. The first-order valence-electron chi connectivity index (χ1n) is 6.32. The number of carbonyl (C=O) groups excluding carboxylic acids is 3. The lowest BCUT2D eigenvalue weighted by atomic mass is 10.3. The summed E-state index contributed by atoms with van der Waals surface area (Å²) >= 11 is 0. The quantitative estimate of drug-likeness (QED) is 0.636. The van der Waals surface area contributed by atoms with Crippen molar-refractivity contribution < 1.29 is 14.4 Å². The normalized spacial score (nSPS) is 14.5. The molecule has 110 valence electrons. The van der Waals surface area contributed by atoms with Gasteiger partial charge in [0.05, 0.1) is 6.20 Å². The Morgan fingerprint density at radius 3 is 2.48 bits per heavy atom. The van der Waals surface area contributed by atoms with Crippen LogP contribution in [0.3, 0.4) is 0 Å². The minimum Gasteiger partial charge on any atom is -0.339 e. The fraction of sp³-hybridized carbons (Fsp3) is 0.417. The molecule has 3 amide bonds. The van der Waals surface area contributed by atoms with Crippen molar-refractivity contribution >= 4 is 23.5 Å². The Labute approximate surface area is 120 Å². The SMILES string of the molecule is CC(=O)N1CCN(C(=O)C(=O)Nc2[nH]ncc2C#N)CC1. The Balaban J connectivity index is 1.93. The summed E-state index contributed by atoms with van der Waals surface area (Å²) in [5.74, 6) is -1.50. The van der Waals surface area contributed by atoms with Gasteiger partial charge in [-0.2, -0.15) is 10.4 Å². The molecule has 0 unspecified atom stereocenters. The van der Waals surface area contributed by atoms with E-state index in [1.807, 2.05) is 6.07 Å². The molecule has 0 aliphatic carbocycles. The molecule has 2 N–H and O–H groups in total. The van der Waals surface area contributed by atoms with Crippen LogP contribution < -0.4 is 5.32 Å². The molecule has 21 heavy (non-hydrogen) atoms. The van der Waals surface area contributed by atoms with Crippen molar-refractivity contribution in [3.05, 3.63) is 11.8 Å². The number of aromatic nitrogens is 2. The third-order valence-electron chi connectivity index (χ3n) is 3.20. The van der Waals surface area contributed by atoms with E-state index >= 15 is 0 Å². The molecule has 0 radical (unpaired) electrons. The molecule has 0 bridgehead atoms. The van der Waals surface area contributed by atoms with E-state index in [2.05, 4.69) is 15.5 Å². The molecular formula is C12H14N6O3. The van der Waals surface area contributed by atoms with Gasteiger partial charge in [-0.25, -0.2) is 0 Å². The second-order valence-corrected chi connectivity index (χ2v) is 4.52. The Hall–Kier alpha value is -2.89. The van der Waals surface area contributed by atoms with Crippen molar-refractivity contribution in [1.29, 1.82) is 5.26 Å². The molecule has 1 saturated heterocycles. The zero-order chi connectivity index (χ0) is 15.4. The Morgan fingerprint density at radius 2 is 1.90 bits per heavy atom. The Kier molecular flexibility index (Phi) is 4.18. The van der Waals surface area contributed by atoms with Gasteiger partial charge in [-0.3, -0.25) is 19.5 Å². The first kappa shape index (κ1) is 14.5. The van der Waals surface area contributed by atoms with Gasteiger partial charge >= 0.3 is 11.8 Å². The molecule has 0 atom stereocenters. The van der Waals surface area contributed by atoms with E-state index < -0.39 is 11.8 Å². The molecule has 1 aliphatic heterocycles. The van der Waals surface area contributed by atoms with Crippen molar-refractivity contribution in [3.8, 4) is 6.07 Å². The first-order valence-corrected chi connectivity index (χ1v) is 6.32. The largest absolute Gasteiger partial charge is 0.339 e. The first-order chi connectivity index (χ1) is 10.0. The van der Waals surface area contributed by atoms with E-state index in [-0.39, 0.29) is 17.3 Å². The van der Waals surface area contributed by atoms with Gasteiger partial charge in [-0.15, -0.1) is 0 Å². The van der Waals surface area contributed by atoms with E-state index in [1.165, 1.54) is 18.0 Å². The van der Waals surface area contributed by atoms with E-state index in [4.69, 9.17) is 5.26 Å². The lowest BCUT2D eigenvalue weighted by molar-refractivity contribution is -0.145. The highest BCUT2D eigenvalue weighted by atomic mass is 16.2. The summed E-state index contributed by atoms with van der Waals surface area (Å²) in [4.78, 5) is 38.0. The van der Waals surface area contributed by atoms with Crippen LogP contribution in [0.4, 0.5) is 5.82 Å². The molecular weight excluding hydrogens is 276 g/mol. The minimum atomic E-state index is -0.841. The number of hydrogen-bond donors (Lipinski definition) is 2. The zero-order valence-corrected chi connectivity index (χ0v) is 11.4. The Bertz CT molecular complexity index is 609. The maximum absolute atomic E-state index is 12.0. The highest BCUT2D eigenvalue weighted by molar-refractivity contribution is 6.39. The van der Waals surface area contributed by atoms with Gasteiger partial charge in [0.15, 0.2) is 0 Å². The molecule has 1 fully saturated rings. The van der Waals surface area contributed by atoms with Gasteiger partial charge in [0.25, 0.3) is 0 Å². The molecule has 2 rings (SSSR count). The molecule has 1 aromatic heterocycles. The monoisotopic (exact) mass is 290 g/mol. The van der Waals surface area contributed by atoms with Crippen LogP contribution in [0, 0.1) is 11.3 Å². The van der Waals surface area contributed by atoms with Crippen LogP contribution in [-0.4, -0.2) is 63.9 Å². The van der Waals surface area contributed by atoms with Crippen molar-refractivity contribution in [2.45, 2.75) is 6.92 Å². The number of piperazine rings is 1. The number of H-pyrrole nitrogens is 1. The summed E-state index contributed by atoms with van der Waals surface area (Å²) in [5, 5.41) is 17.2. The molecule has 1 aromatic rings. The van der Waals surface area contributed by atoms with Crippen LogP contribution in [0.25, 0.3) is 0 Å². The molecule has 2 heterocycles. The van der Waals surface area contributed by atoms with Gasteiger partial charge in [0.1, 0.15) is 17.5 Å². The standard InChI is InChI=1S/C12H14N6O3/c1-8(19)17-2-4-18(5-3-17)12(21)11(20)15-10-9(6-13)7-14-16-10/h7H,2-5H2,1H3,(H2,14,15,16,20). The van der Waals surface area contributed by atoms with Gasteiger partial charge in [-0.05, 0) is 0 Å². The summed E-state index contributed by atoms with van der Waals surface area (Å²) in [6.07, 6.45) is 1.26. The van der Waals surface area contributed by atoms with Crippen molar-refractivity contribution in [2.75, 3.05) is 31.5 Å². The van der Waals surface area contributed by atoms with Crippen molar-refractivity contribution in [1.82, 2.24) is 20.0 Å². The van der Waals surface area contributed by atoms with Crippen LogP contribution in [0.5, 0.6) is 0 Å². The molecule has 0 spiro atoms. The average molecular weight is 290 g/mol. The Morgan fingerprint density at radius 1 is 1.29 bits per heavy atom. The highest BCUT2D eigenvalue weighted by Crippen LogP contribution is 2.09. The van der Waals surface area contributed by atoms with E-state index in [0.717, 1.165) is 0 Å². The second kappa shape index (κ2) is 6.04. The van der Waals surface area contributed by atoms with Crippen LogP contribution in [0.1, 0.15) is 12.5 Å². The fourth-order valence-electron chi connectivity index (χ4n) is 2.00. The molecule has 0 aromatic carbocycles. The van der Waals surface area contributed by atoms with Crippen molar-refractivity contribution in [2.24, 2.45) is 0 Å². The number of anilines is 1.